The standard InChI is InChI=1S/C29H32N2O6S/c1-4-37-29(35)25-17-8-5-6-11-22(17)38-28(25)31-27(34)23-15(2)30-18-9-7-10-20(33)26(18)24(23)16-12-13-19(32)21(14-16)36-3/h12-14,24,30,32H,4-11H2,1-3H3,(H,31,34)/t24-/m1/s1. The summed E-state index contributed by atoms with van der Waals surface area (Å²) in [5.41, 5.74) is 4.51. The second-order valence-electron chi connectivity index (χ2n) is 9.79. The van der Waals surface area contributed by atoms with Crippen LogP contribution in [-0.2, 0) is 27.2 Å². The van der Waals surface area contributed by atoms with Crippen LogP contribution in [0.15, 0.2) is 40.7 Å². The number of aromatic hydroxyl groups is 1. The minimum Gasteiger partial charge on any atom is -0.504 e. The Balaban J connectivity index is 1.58. The highest BCUT2D eigenvalue weighted by Gasteiger charge is 2.39. The van der Waals surface area contributed by atoms with Crippen molar-refractivity contribution in [3.63, 3.8) is 0 Å². The van der Waals surface area contributed by atoms with E-state index in [1.165, 1.54) is 24.5 Å². The molecule has 0 unspecified atom stereocenters. The number of hydrogen-bond acceptors (Lipinski definition) is 8. The Kier molecular flexibility index (Phi) is 7.29. The van der Waals surface area contributed by atoms with Gasteiger partial charge in [-0.25, -0.2) is 4.79 Å². The molecule has 200 valence electrons. The molecule has 2 aromatic rings. The van der Waals surface area contributed by atoms with Crippen molar-refractivity contribution in [3.8, 4) is 11.5 Å². The van der Waals surface area contributed by atoms with Crippen molar-refractivity contribution < 1.29 is 29.0 Å². The summed E-state index contributed by atoms with van der Waals surface area (Å²) in [6.07, 6.45) is 5.54. The number of methoxy groups -OCH3 is 1. The van der Waals surface area contributed by atoms with Crippen LogP contribution < -0.4 is 15.4 Å². The fraction of sp³-hybridized carbons (Fsp3) is 0.414. The number of carbonyl (C=O) groups is 3. The quantitative estimate of drug-likeness (QED) is 0.439. The van der Waals surface area contributed by atoms with E-state index >= 15 is 0 Å². The number of rotatable bonds is 6. The van der Waals surface area contributed by atoms with Gasteiger partial charge in [0.05, 0.1) is 19.3 Å². The number of Topliss-reactive ketones (excluding diaryl/α,β-unsaturated/α-hetero) is 1. The molecule has 0 saturated carbocycles. The van der Waals surface area contributed by atoms with Gasteiger partial charge in [0, 0.05) is 39.8 Å². The summed E-state index contributed by atoms with van der Waals surface area (Å²) in [6.45, 7) is 3.84. The van der Waals surface area contributed by atoms with E-state index in [1.807, 2.05) is 6.92 Å². The summed E-state index contributed by atoms with van der Waals surface area (Å²) in [5.74, 6) is -1.23. The number of allylic oxidation sites excluding steroid dienone is 3. The first-order chi connectivity index (χ1) is 18.3. The van der Waals surface area contributed by atoms with E-state index in [0.29, 0.717) is 45.8 Å². The number of nitrogens with one attached hydrogen (secondary N) is 2. The van der Waals surface area contributed by atoms with E-state index in [9.17, 15) is 19.5 Å². The van der Waals surface area contributed by atoms with Crippen LogP contribution in [0.3, 0.4) is 0 Å². The number of esters is 1. The van der Waals surface area contributed by atoms with Gasteiger partial charge in [-0.05, 0) is 75.6 Å². The molecule has 2 heterocycles. The van der Waals surface area contributed by atoms with Gasteiger partial charge in [-0.15, -0.1) is 11.3 Å². The Labute approximate surface area is 225 Å². The molecule has 1 aromatic carbocycles. The number of anilines is 1. The van der Waals surface area contributed by atoms with E-state index in [1.54, 1.807) is 19.1 Å². The van der Waals surface area contributed by atoms with E-state index in [-0.39, 0.29) is 29.8 Å². The number of benzene rings is 1. The van der Waals surface area contributed by atoms with Crippen LogP contribution in [-0.4, -0.2) is 36.5 Å². The number of phenols is 1. The lowest BCUT2D eigenvalue weighted by Crippen LogP contribution is -2.35. The minimum absolute atomic E-state index is 0.00704. The number of aryl methyl sites for hydroxylation is 1. The average molecular weight is 537 g/mol. The van der Waals surface area contributed by atoms with Gasteiger partial charge in [0.25, 0.3) is 5.91 Å². The summed E-state index contributed by atoms with van der Waals surface area (Å²) in [5, 5.41) is 17.0. The monoisotopic (exact) mass is 536 g/mol. The van der Waals surface area contributed by atoms with Gasteiger partial charge in [-0.3, -0.25) is 9.59 Å². The molecule has 1 aromatic heterocycles. The molecule has 3 aliphatic rings. The number of amides is 1. The van der Waals surface area contributed by atoms with Gasteiger partial charge in [0.2, 0.25) is 0 Å². The van der Waals surface area contributed by atoms with Crippen LogP contribution in [0.1, 0.15) is 78.2 Å². The predicted octanol–water partition coefficient (Wildman–Crippen LogP) is 5.12. The second-order valence-corrected chi connectivity index (χ2v) is 10.9. The first-order valence-electron chi connectivity index (χ1n) is 13.1. The summed E-state index contributed by atoms with van der Waals surface area (Å²) in [6, 6.07) is 4.90. The average Bonchev–Trinajstić information content (AvgIpc) is 3.26. The van der Waals surface area contributed by atoms with Gasteiger partial charge < -0.3 is 25.2 Å². The smallest absolute Gasteiger partial charge is 0.341 e. The lowest BCUT2D eigenvalue weighted by Gasteiger charge is -2.34. The van der Waals surface area contributed by atoms with Crippen molar-refractivity contribution in [2.24, 2.45) is 0 Å². The molecule has 0 bridgehead atoms. The van der Waals surface area contributed by atoms with Gasteiger partial charge in [-0.1, -0.05) is 6.07 Å². The maximum absolute atomic E-state index is 14.0. The highest BCUT2D eigenvalue weighted by molar-refractivity contribution is 7.17. The van der Waals surface area contributed by atoms with Gasteiger partial charge in [-0.2, -0.15) is 0 Å². The Bertz CT molecular complexity index is 1390. The molecule has 9 heteroatoms. The molecule has 2 aliphatic carbocycles. The maximum Gasteiger partial charge on any atom is 0.341 e. The number of phenolic OH excluding ortho intramolecular Hbond substituents is 1. The highest BCUT2D eigenvalue weighted by Crippen LogP contribution is 2.45. The van der Waals surface area contributed by atoms with E-state index in [4.69, 9.17) is 9.47 Å². The van der Waals surface area contributed by atoms with Crippen LogP contribution in [0.5, 0.6) is 11.5 Å². The molecule has 0 spiro atoms. The lowest BCUT2D eigenvalue weighted by atomic mass is 9.75. The number of thiophene rings is 1. The van der Waals surface area contributed by atoms with Crippen molar-refractivity contribution in [1.82, 2.24) is 5.32 Å². The van der Waals surface area contributed by atoms with Gasteiger partial charge in [0.1, 0.15) is 5.00 Å². The van der Waals surface area contributed by atoms with Crippen LogP contribution >= 0.6 is 11.3 Å². The molecular formula is C29H32N2O6S. The number of dihydropyridines is 1. The Morgan fingerprint density at radius 3 is 2.71 bits per heavy atom. The predicted molar refractivity (Wildman–Crippen MR) is 145 cm³/mol. The van der Waals surface area contributed by atoms with Crippen molar-refractivity contribution in [3.05, 3.63) is 62.3 Å². The topological polar surface area (TPSA) is 114 Å². The third-order valence-corrected chi connectivity index (χ3v) is 8.64. The molecule has 3 N–H and O–H groups in total. The molecule has 1 amide bonds. The van der Waals surface area contributed by atoms with E-state index < -0.39 is 11.9 Å². The Morgan fingerprint density at radius 2 is 1.95 bits per heavy atom. The minimum atomic E-state index is -0.644. The van der Waals surface area contributed by atoms with Crippen LogP contribution in [0.2, 0.25) is 0 Å². The van der Waals surface area contributed by atoms with Crippen LogP contribution in [0.4, 0.5) is 5.00 Å². The SMILES string of the molecule is CCOC(=O)c1c(NC(=O)C2=C(C)NC3=C(C(=O)CCC3)[C@@H]2c2ccc(O)c(OC)c2)sc2c1CCCC2. The Hall–Kier alpha value is -3.59. The number of ketones is 1. The third-order valence-electron chi connectivity index (χ3n) is 7.44. The van der Waals surface area contributed by atoms with Crippen LogP contribution in [0, 0.1) is 0 Å². The van der Waals surface area contributed by atoms with Gasteiger partial charge in [0.15, 0.2) is 17.3 Å². The molecule has 5 rings (SSSR count). The number of hydrogen-bond donors (Lipinski definition) is 3. The second kappa shape index (κ2) is 10.6. The Morgan fingerprint density at radius 1 is 1.16 bits per heavy atom. The molecule has 38 heavy (non-hydrogen) atoms. The lowest BCUT2D eigenvalue weighted by molar-refractivity contribution is -0.116. The van der Waals surface area contributed by atoms with E-state index in [0.717, 1.165) is 48.2 Å². The molecule has 1 atom stereocenters. The number of ether oxygens (including phenoxy) is 2. The largest absolute Gasteiger partial charge is 0.504 e. The van der Waals surface area contributed by atoms with Crippen LogP contribution in [0.25, 0.3) is 0 Å². The summed E-state index contributed by atoms with van der Waals surface area (Å²) < 4.78 is 10.7. The zero-order valence-corrected chi connectivity index (χ0v) is 22.7. The van der Waals surface area contributed by atoms with Crippen molar-refractivity contribution in [2.75, 3.05) is 19.0 Å². The van der Waals surface area contributed by atoms with Gasteiger partial charge >= 0.3 is 5.97 Å². The molecule has 1 aliphatic heterocycles. The summed E-state index contributed by atoms with van der Waals surface area (Å²) in [7, 11) is 1.46. The molecule has 0 fully saturated rings. The third kappa shape index (κ3) is 4.60. The molecule has 8 nitrogen and oxygen atoms in total. The molecular weight excluding hydrogens is 504 g/mol. The maximum atomic E-state index is 14.0. The summed E-state index contributed by atoms with van der Waals surface area (Å²) in [4.78, 5) is 41.3. The highest BCUT2D eigenvalue weighted by atomic mass is 32.1. The first-order valence-corrected chi connectivity index (χ1v) is 13.9. The molecule has 0 radical (unpaired) electrons. The van der Waals surface area contributed by atoms with Crippen molar-refractivity contribution in [1.29, 1.82) is 0 Å². The normalized spacial score (nSPS) is 18.9. The molecule has 0 saturated heterocycles. The first kappa shape index (κ1) is 26.0. The van der Waals surface area contributed by atoms with E-state index in [2.05, 4.69) is 10.6 Å². The number of fused-ring (bicyclic) bond motifs is 1. The number of carbonyl (C=O) groups excluding carboxylic acids is 3. The van der Waals surface area contributed by atoms with Crippen molar-refractivity contribution in [2.45, 2.75) is 64.7 Å². The summed E-state index contributed by atoms with van der Waals surface area (Å²) >= 11 is 1.43. The van der Waals surface area contributed by atoms with Crippen molar-refractivity contribution >= 4 is 34.0 Å². The fourth-order valence-electron chi connectivity index (χ4n) is 5.74. The zero-order chi connectivity index (χ0) is 27.0. The fourth-order valence-corrected chi connectivity index (χ4v) is 7.01. The zero-order valence-electron chi connectivity index (χ0n) is 21.9.